The summed E-state index contributed by atoms with van der Waals surface area (Å²) in [6, 6.07) is 11.9. The van der Waals surface area contributed by atoms with Crippen molar-refractivity contribution in [2.75, 3.05) is 0 Å². The van der Waals surface area contributed by atoms with Gasteiger partial charge in [-0.2, -0.15) is 0 Å². The highest BCUT2D eigenvalue weighted by molar-refractivity contribution is 5.87. The van der Waals surface area contributed by atoms with Crippen LogP contribution in [-0.4, -0.2) is 32.2 Å². The van der Waals surface area contributed by atoms with Gasteiger partial charge in [-0.3, -0.25) is 4.79 Å². The molecule has 0 aliphatic rings. The van der Waals surface area contributed by atoms with Crippen LogP contribution in [0, 0.1) is 5.82 Å². The molecule has 3 aromatic rings. The highest BCUT2D eigenvalue weighted by Gasteiger charge is 2.23. The first-order valence-electron chi connectivity index (χ1n) is 8.94. The highest BCUT2D eigenvalue weighted by atomic mass is 19.1. The number of nitrogens with one attached hydrogen (secondary N) is 1. The lowest BCUT2D eigenvalue weighted by Crippen LogP contribution is -2.46. The van der Waals surface area contributed by atoms with Crippen molar-refractivity contribution in [3.05, 3.63) is 54.5 Å². The van der Waals surface area contributed by atoms with Gasteiger partial charge in [0.15, 0.2) is 0 Å². The van der Waals surface area contributed by atoms with E-state index in [0.717, 1.165) is 16.6 Å². The van der Waals surface area contributed by atoms with Gasteiger partial charge in [-0.1, -0.05) is 0 Å². The smallest absolute Gasteiger partial charge is 0.240 e. The summed E-state index contributed by atoms with van der Waals surface area (Å²) in [6.45, 7) is 5.54. The summed E-state index contributed by atoms with van der Waals surface area (Å²) in [4.78, 5) is 17.1. The number of halogens is 1. The zero-order chi connectivity index (χ0) is 19.6. The van der Waals surface area contributed by atoms with Crippen molar-refractivity contribution in [1.29, 1.82) is 0 Å². The Morgan fingerprint density at radius 1 is 1.30 bits per heavy atom. The van der Waals surface area contributed by atoms with Gasteiger partial charge in [0.25, 0.3) is 0 Å². The number of benzene rings is 1. The van der Waals surface area contributed by atoms with E-state index in [-0.39, 0.29) is 18.3 Å². The van der Waals surface area contributed by atoms with Gasteiger partial charge in [-0.15, -0.1) is 0 Å². The van der Waals surface area contributed by atoms with E-state index >= 15 is 0 Å². The molecule has 2 heterocycles. The lowest BCUT2D eigenvalue weighted by molar-refractivity contribution is -0.123. The van der Waals surface area contributed by atoms with Crippen LogP contribution >= 0.6 is 0 Å². The van der Waals surface area contributed by atoms with E-state index in [1.165, 1.54) is 12.1 Å². The molecule has 1 amide bonds. The zero-order valence-electron chi connectivity index (χ0n) is 15.7. The molecule has 5 nitrogen and oxygen atoms in total. The molecular weight excluding hydrogens is 345 g/mol. The standard InChI is InChI=1S/C21H24FN3O2/c1-14(26)12-21(2,3)24-19(27)13-25-18(15-6-8-17(22)9-7-15)11-16-5-4-10-23-20(16)25/h4-11,14,26H,12-13H2,1-3H3,(H,24,27)/t14-/m0/s1. The molecule has 0 unspecified atom stereocenters. The molecule has 0 aliphatic heterocycles. The van der Waals surface area contributed by atoms with Crippen LogP contribution in [0.25, 0.3) is 22.3 Å². The van der Waals surface area contributed by atoms with Crippen LogP contribution in [0.2, 0.25) is 0 Å². The van der Waals surface area contributed by atoms with Crippen LogP contribution in [-0.2, 0) is 11.3 Å². The van der Waals surface area contributed by atoms with Crippen molar-refractivity contribution >= 4 is 16.9 Å². The number of carbonyl (C=O) groups is 1. The molecule has 0 spiro atoms. The molecule has 1 atom stereocenters. The third-order valence-electron chi connectivity index (χ3n) is 4.38. The van der Waals surface area contributed by atoms with E-state index in [1.54, 1.807) is 25.3 Å². The Kier molecular flexibility index (Phi) is 5.28. The van der Waals surface area contributed by atoms with Gasteiger partial charge in [0.1, 0.15) is 18.0 Å². The summed E-state index contributed by atoms with van der Waals surface area (Å²) in [5.74, 6) is -0.482. The van der Waals surface area contributed by atoms with Gasteiger partial charge >= 0.3 is 0 Å². The number of fused-ring (bicyclic) bond motifs is 1. The first-order chi connectivity index (χ1) is 12.7. The van der Waals surface area contributed by atoms with Crippen molar-refractivity contribution in [1.82, 2.24) is 14.9 Å². The van der Waals surface area contributed by atoms with Crippen molar-refractivity contribution in [3.8, 4) is 11.3 Å². The zero-order valence-corrected chi connectivity index (χ0v) is 15.7. The molecule has 0 saturated carbocycles. The van der Waals surface area contributed by atoms with Gasteiger partial charge in [0.2, 0.25) is 5.91 Å². The third-order valence-corrected chi connectivity index (χ3v) is 4.38. The van der Waals surface area contributed by atoms with E-state index in [9.17, 15) is 14.3 Å². The van der Waals surface area contributed by atoms with Gasteiger partial charge < -0.3 is 15.0 Å². The van der Waals surface area contributed by atoms with Crippen LogP contribution in [0.1, 0.15) is 27.2 Å². The normalized spacial score (nSPS) is 12.9. The summed E-state index contributed by atoms with van der Waals surface area (Å²) >= 11 is 0. The summed E-state index contributed by atoms with van der Waals surface area (Å²) in [7, 11) is 0. The lowest BCUT2D eigenvalue weighted by atomic mass is 9.97. The number of carbonyl (C=O) groups excluding carboxylic acids is 1. The minimum absolute atomic E-state index is 0.0798. The predicted molar refractivity (Wildman–Crippen MR) is 104 cm³/mol. The van der Waals surface area contributed by atoms with Crippen molar-refractivity contribution < 1.29 is 14.3 Å². The van der Waals surface area contributed by atoms with Gasteiger partial charge in [-0.05, 0) is 75.2 Å². The maximum absolute atomic E-state index is 13.3. The number of amides is 1. The Bertz CT molecular complexity index is 946. The summed E-state index contributed by atoms with van der Waals surface area (Å²) in [5, 5.41) is 13.5. The van der Waals surface area contributed by atoms with E-state index in [1.807, 2.05) is 36.6 Å². The van der Waals surface area contributed by atoms with E-state index in [0.29, 0.717) is 12.1 Å². The molecule has 2 N–H and O–H groups in total. The number of rotatable bonds is 6. The summed E-state index contributed by atoms with van der Waals surface area (Å²) in [6.07, 6.45) is 1.63. The number of hydrogen-bond acceptors (Lipinski definition) is 3. The average Bonchev–Trinajstić information content (AvgIpc) is 2.92. The second-order valence-corrected chi connectivity index (χ2v) is 7.52. The monoisotopic (exact) mass is 369 g/mol. The molecule has 0 bridgehead atoms. The Labute approximate surface area is 157 Å². The average molecular weight is 369 g/mol. The molecule has 0 radical (unpaired) electrons. The lowest BCUT2D eigenvalue weighted by Gasteiger charge is -2.28. The fourth-order valence-corrected chi connectivity index (χ4v) is 3.46. The number of nitrogens with zero attached hydrogens (tertiary/aromatic N) is 2. The SMILES string of the molecule is C[C@H](O)CC(C)(C)NC(=O)Cn1c(-c2ccc(F)cc2)cc2cccnc21. The van der Waals surface area contributed by atoms with Crippen molar-refractivity contribution in [3.63, 3.8) is 0 Å². The largest absolute Gasteiger partial charge is 0.393 e. The fraction of sp³-hybridized carbons (Fsp3) is 0.333. The molecule has 1 aromatic carbocycles. The number of aliphatic hydroxyl groups is 1. The molecule has 27 heavy (non-hydrogen) atoms. The van der Waals surface area contributed by atoms with Crippen LogP contribution in [0.15, 0.2) is 48.7 Å². The molecule has 0 fully saturated rings. The predicted octanol–water partition coefficient (Wildman–Crippen LogP) is 3.51. The first-order valence-corrected chi connectivity index (χ1v) is 8.94. The molecule has 6 heteroatoms. The minimum Gasteiger partial charge on any atom is -0.393 e. The number of hydrogen-bond donors (Lipinski definition) is 2. The fourth-order valence-electron chi connectivity index (χ4n) is 3.46. The van der Waals surface area contributed by atoms with E-state index in [2.05, 4.69) is 10.3 Å². The summed E-state index contributed by atoms with van der Waals surface area (Å²) in [5.41, 5.74) is 1.77. The number of pyridine rings is 1. The molecule has 3 rings (SSSR count). The topological polar surface area (TPSA) is 67.2 Å². The van der Waals surface area contributed by atoms with Crippen LogP contribution in [0.5, 0.6) is 0 Å². The number of aliphatic hydroxyl groups excluding tert-OH is 1. The van der Waals surface area contributed by atoms with Crippen LogP contribution in [0.3, 0.4) is 0 Å². The second kappa shape index (κ2) is 7.48. The maximum atomic E-state index is 13.3. The first kappa shape index (κ1) is 19.0. The highest BCUT2D eigenvalue weighted by Crippen LogP contribution is 2.27. The second-order valence-electron chi connectivity index (χ2n) is 7.52. The molecule has 0 aliphatic carbocycles. The number of aromatic nitrogens is 2. The Morgan fingerprint density at radius 2 is 2.00 bits per heavy atom. The van der Waals surface area contributed by atoms with Crippen molar-refractivity contribution in [2.45, 2.75) is 45.4 Å². The van der Waals surface area contributed by atoms with Crippen molar-refractivity contribution in [2.24, 2.45) is 0 Å². The van der Waals surface area contributed by atoms with Crippen LogP contribution < -0.4 is 5.32 Å². The molecular formula is C21H24FN3O2. The van der Waals surface area contributed by atoms with Gasteiger partial charge in [-0.25, -0.2) is 9.37 Å². The van der Waals surface area contributed by atoms with Gasteiger partial charge in [0.05, 0.1) is 11.8 Å². The Morgan fingerprint density at radius 3 is 2.67 bits per heavy atom. The molecule has 0 saturated heterocycles. The van der Waals surface area contributed by atoms with Crippen LogP contribution in [0.4, 0.5) is 4.39 Å². The minimum atomic E-state index is -0.530. The maximum Gasteiger partial charge on any atom is 0.240 e. The third kappa shape index (κ3) is 4.52. The molecule has 142 valence electrons. The quantitative estimate of drug-likeness (QED) is 0.699. The van der Waals surface area contributed by atoms with E-state index < -0.39 is 11.6 Å². The Hall–Kier alpha value is -2.73. The Balaban J connectivity index is 1.94. The van der Waals surface area contributed by atoms with Gasteiger partial charge in [0, 0.05) is 17.1 Å². The molecule has 2 aromatic heterocycles. The van der Waals surface area contributed by atoms with E-state index in [4.69, 9.17) is 0 Å². The summed E-state index contributed by atoms with van der Waals surface area (Å²) < 4.78 is 15.1.